The summed E-state index contributed by atoms with van der Waals surface area (Å²) in [5, 5.41) is 11.5. The van der Waals surface area contributed by atoms with E-state index >= 15 is 0 Å². The summed E-state index contributed by atoms with van der Waals surface area (Å²) in [5.74, 6) is 1.31. The molecule has 2 amide bonds. The quantitative estimate of drug-likeness (QED) is 0.673. The van der Waals surface area contributed by atoms with Crippen molar-refractivity contribution < 1.29 is 19.1 Å². The fraction of sp³-hybridized carbons (Fsp3) is 0.417. The molecule has 1 N–H and O–H groups in total. The Balaban J connectivity index is 1.47. The highest BCUT2D eigenvalue weighted by Gasteiger charge is 2.23. The highest BCUT2D eigenvalue weighted by atomic mass is 16.6. The number of carbonyl (C=O) groups excluding carboxylic acids is 2. The average Bonchev–Trinajstić information content (AvgIpc) is 2.81. The first-order valence-corrected chi connectivity index (χ1v) is 10.9. The fourth-order valence-electron chi connectivity index (χ4n) is 3.32. The molecule has 9 nitrogen and oxygen atoms in total. The molecule has 0 spiro atoms. The Morgan fingerprint density at radius 1 is 1.15 bits per heavy atom. The number of nitrogens with zero attached hydrogens (tertiary/aromatic N) is 4. The minimum atomic E-state index is -0.552. The molecule has 0 atom stereocenters. The van der Waals surface area contributed by atoms with Crippen LogP contribution in [-0.4, -0.2) is 66.8 Å². The molecule has 0 bridgehead atoms. The molecule has 0 saturated carbocycles. The number of nitrogens with one attached hydrogen (secondary N) is 1. The third-order valence-corrected chi connectivity index (χ3v) is 4.89. The largest absolute Gasteiger partial charge is 0.492 e. The van der Waals surface area contributed by atoms with E-state index in [0.717, 1.165) is 5.82 Å². The summed E-state index contributed by atoms with van der Waals surface area (Å²) < 4.78 is 10.9. The lowest BCUT2D eigenvalue weighted by Crippen LogP contribution is -2.49. The minimum absolute atomic E-state index is 0.0558. The second-order valence-corrected chi connectivity index (χ2v) is 8.60. The first-order valence-electron chi connectivity index (χ1n) is 10.9. The van der Waals surface area contributed by atoms with Crippen molar-refractivity contribution in [3.05, 3.63) is 53.7 Å². The lowest BCUT2D eigenvalue weighted by atomic mass is 10.1. The number of nitriles is 1. The molecule has 2 aromatic rings. The molecule has 1 fully saturated rings. The van der Waals surface area contributed by atoms with E-state index in [-0.39, 0.29) is 12.5 Å². The number of pyridine rings is 1. The Bertz CT molecular complexity index is 1000. The zero-order chi connectivity index (χ0) is 23.8. The van der Waals surface area contributed by atoms with Gasteiger partial charge in [-0.2, -0.15) is 5.26 Å². The topological polar surface area (TPSA) is 108 Å². The van der Waals surface area contributed by atoms with Gasteiger partial charge in [-0.1, -0.05) is 6.07 Å². The van der Waals surface area contributed by atoms with Crippen LogP contribution in [-0.2, 0) is 4.74 Å². The van der Waals surface area contributed by atoms with Crippen LogP contribution in [0.1, 0.15) is 36.7 Å². The van der Waals surface area contributed by atoms with Gasteiger partial charge in [0, 0.05) is 37.9 Å². The molecule has 0 aliphatic carbocycles. The van der Waals surface area contributed by atoms with Gasteiger partial charge in [0.25, 0.3) is 5.91 Å². The summed E-state index contributed by atoms with van der Waals surface area (Å²) in [5.41, 5.74) is 0.525. The van der Waals surface area contributed by atoms with Gasteiger partial charge in [-0.25, -0.2) is 9.78 Å². The molecule has 1 aliphatic heterocycles. The third kappa shape index (κ3) is 7.10. The molecule has 2 heterocycles. The van der Waals surface area contributed by atoms with E-state index in [1.807, 2.05) is 11.0 Å². The number of piperazine rings is 1. The van der Waals surface area contributed by atoms with Crippen LogP contribution in [0.3, 0.4) is 0 Å². The van der Waals surface area contributed by atoms with Gasteiger partial charge < -0.3 is 24.6 Å². The lowest BCUT2D eigenvalue weighted by Gasteiger charge is -2.35. The maximum Gasteiger partial charge on any atom is 0.407 e. The maximum atomic E-state index is 13.0. The molecule has 0 radical (unpaired) electrons. The lowest BCUT2D eigenvalue weighted by molar-refractivity contribution is 0.0520. The standard InChI is InChI=1S/C24H29N5O4/c1-24(2,3)33-23(31)26-9-14-32-20-6-4-5-19(15-20)22(30)29-12-10-28(11-13-29)21-8-7-18(16-25)17-27-21/h4-8,15,17H,9-14H2,1-3H3,(H,26,31). The maximum absolute atomic E-state index is 13.0. The second kappa shape index (κ2) is 10.7. The summed E-state index contributed by atoms with van der Waals surface area (Å²) in [7, 11) is 0. The normalized spacial score (nSPS) is 13.8. The Hall–Kier alpha value is -3.80. The first kappa shape index (κ1) is 23.9. The Labute approximate surface area is 193 Å². The minimum Gasteiger partial charge on any atom is -0.492 e. The number of anilines is 1. The van der Waals surface area contributed by atoms with Crippen molar-refractivity contribution in [2.75, 3.05) is 44.2 Å². The fourth-order valence-corrected chi connectivity index (χ4v) is 3.32. The summed E-state index contributed by atoms with van der Waals surface area (Å²) in [6.45, 7) is 8.43. The summed E-state index contributed by atoms with van der Waals surface area (Å²) in [6, 6.07) is 12.7. The van der Waals surface area contributed by atoms with Gasteiger partial charge in [0.15, 0.2) is 0 Å². The molecule has 174 valence electrons. The van der Waals surface area contributed by atoms with Crippen LogP contribution < -0.4 is 15.0 Å². The van der Waals surface area contributed by atoms with E-state index in [2.05, 4.69) is 21.3 Å². The highest BCUT2D eigenvalue weighted by Crippen LogP contribution is 2.18. The van der Waals surface area contributed by atoms with Crippen molar-refractivity contribution >= 4 is 17.8 Å². The number of hydrogen-bond donors (Lipinski definition) is 1. The van der Waals surface area contributed by atoms with Gasteiger partial charge in [0.2, 0.25) is 0 Å². The SMILES string of the molecule is CC(C)(C)OC(=O)NCCOc1cccc(C(=O)N2CCN(c3ccc(C#N)cn3)CC2)c1. The number of carbonyl (C=O) groups is 2. The smallest absolute Gasteiger partial charge is 0.407 e. The van der Waals surface area contributed by atoms with E-state index in [1.165, 1.54) is 0 Å². The van der Waals surface area contributed by atoms with Crippen LogP contribution in [0.4, 0.5) is 10.6 Å². The molecule has 0 unspecified atom stereocenters. The number of hydrogen-bond acceptors (Lipinski definition) is 7. The van der Waals surface area contributed by atoms with Crippen molar-refractivity contribution in [3.8, 4) is 11.8 Å². The predicted molar refractivity (Wildman–Crippen MR) is 123 cm³/mol. The van der Waals surface area contributed by atoms with Gasteiger partial charge in [-0.15, -0.1) is 0 Å². The van der Waals surface area contributed by atoms with Crippen molar-refractivity contribution in [3.63, 3.8) is 0 Å². The number of rotatable bonds is 6. The third-order valence-electron chi connectivity index (χ3n) is 4.89. The van der Waals surface area contributed by atoms with Crippen LogP contribution in [0.2, 0.25) is 0 Å². The number of alkyl carbamates (subject to hydrolysis) is 1. The Morgan fingerprint density at radius 3 is 2.55 bits per heavy atom. The molecule has 1 aliphatic rings. The van der Waals surface area contributed by atoms with Crippen LogP contribution in [0.15, 0.2) is 42.6 Å². The van der Waals surface area contributed by atoms with Crippen molar-refractivity contribution in [1.82, 2.24) is 15.2 Å². The number of amides is 2. The molecule has 3 rings (SSSR count). The molecular formula is C24H29N5O4. The molecule has 1 aromatic heterocycles. The van der Waals surface area contributed by atoms with Gasteiger partial charge in [-0.05, 0) is 51.1 Å². The number of benzene rings is 1. The second-order valence-electron chi connectivity index (χ2n) is 8.60. The van der Waals surface area contributed by atoms with Crippen molar-refractivity contribution in [2.45, 2.75) is 26.4 Å². The Morgan fingerprint density at radius 2 is 1.91 bits per heavy atom. The zero-order valence-electron chi connectivity index (χ0n) is 19.2. The zero-order valence-corrected chi connectivity index (χ0v) is 19.2. The predicted octanol–water partition coefficient (Wildman–Crippen LogP) is 2.82. The molecule has 9 heteroatoms. The van der Waals surface area contributed by atoms with Gasteiger partial charge in [0.05, 0.1) is 12.1 Å². The van der Waals surface area contributed by atoms with Crippen molar-refractivity contribution in [2.24, 2.45) is 0 Å². The Kier molecular flexibility index (Phi) is 7.72. The average molecular weight is 452 g/mol. The van der Waals surface area contributed by atoms with Crippen LogP contribution >= 0.6 is 0 Å². The summed E-state index contributed by atoms with van der Waals surface area (Å²) >= 11 is 0. The summed E-state index contributed by atoms with van der Waals surface area (Å²) in [6.07, 6.45) is 1.06. The van der Waals surface area contributed by atoms with E-state index in [9.17, 15) is 9.59 Å². The van der Waals surface area contributed by atoms with Gasteiger partial charge in [0.1, 0.15) is 29.8 Å². The number of ether oxygens (including phenoxy) is 2. The molecule has 1 saturated heterocycles. The van der Waals surface area contributed by atoms with Crippen LogP contribution in [0.5, 0.6) is 5.75 Å². The van der Waals surface area contributed by atoms with Crippen molar-refractivity contribution in [1.29, 1.82) is 5.26 Å². The van der Waals surface area contributed by atoms with E-state index in [4.69, 9.17) is 14.7 Å². The van der Waals surface area contributed by atoms with Crippen LogP contribution in [0, 0.1) is 11.3 Å². The molecule has 1 aromatic carbocycles. The first-order chi connectivity index (χ1) is 15.7. The van der Waals surface area contributed by atoms with E-state index in [0.29, 0.717) is 49.6 Å². The van der Waals surface area contributed by atoms with Crippen LogP contribution in [0.25, 0.3) is 0 Å². The number of aromatic nitrogens is 1. The summed E-state index contributed by atoms with van der Waals surface area (Å²) in [4.78, 5) is 32.9. The molecule has 33 heavy (non-hydrogen) atoms. The molecular weight excluding hydrogens is 422 g/mol. The van der Waals surface area contributed by atoms with Gasteiger partial charge >= 0.3 is 6.09 Å². The monoisotopic (exact) mass is 451 g/mol. The highest BCUT2D eigenvalue weighted by molar-refractivity contribution is 5.94. The van der Waals surface area contributed by atoms with Gasteiger partial charge in [-0.3, -0.25) is 4.79 Å². The van der Waals surface area contributed by atoms with E-state index in [1.54, 1.807) is 57.3 Å². The van der Waals surface area contributed by atoms with E-state index < -0.39 is 11.7 Å².